The molecule has 90 heavy (non-hydrogen) atoms. The Morgan fingerprint density at radius 1 is 0.433 bits per heavy atom. The van der Waals surface area contributed by atoms with Crippen LogP contribution in [0.1, 0.15) is 78.6 Å². The van der Waals surface area contributed by atoms with Gasteiger partial charge in [-0.15, -0.1) is 0 Å². The van der Waals surface area contributed by atoms with Crippen LogP contribution in [0.5, 0.6) is 0 Å². The molecule has 4 saturated carbocycles. The van der Waals surface area contributed by atoms with Crippen molar-refractivity contribution in [3.63, 3.8) is 0 Å². The van der Waals surface area contributed by atoms with Crippen molar-refractivity contribution in [2.75, 3.05) is 39.6 Å². The van der Waals surface area contributed by atoms with Gasteiger partial charge in [-0.25, -0.2) is 0 Å². The van der Waals surface area contributed by atoms with Gasteiger partial charge in [-0.05, 0) is 93.5 Å². The van der Waals surface area contributed by atoms with E-state index in [0.29, 0.717) is 44.9 Å². The van der Waals surface area contributed by atoms with Crippen LogP contribution in [0.3, 0.4) is 0 Å². The van der Waals surface area contributed by atoms with Crippen molar-refractivity contribution in [3.05, 3.63) is 11.6 Å². The maximum absolute atomic E-state index is 15.4. The molecule has 36 atom stereocenters. The summed E-state index contributed by atoms with van der Waals surface area (Å²) in [5, 5.41) is 215. The lowest BCUT2D eigenvalue weighted by Gasteiger charge is -2.64. The van der Waals surface area contributed by atoms with Gasteiger partial charge in [0, 0.05) is 0 Å². The molecule has 10 fully saturated rings. The normalized spacial score (nSPS) is 54.5. The van der Waals surface area contributed by atoms with Gasteiger partial charge in [-0.1, -0.05) is 19.4 Å². The van der Waals surface area contributed by atoms with Crippen LogP contribution in [0.4, 0.5) is 0 Å². The predicted molar refractivity (Wildman–Crippen MR) is 289 cm³/mol. The van der Waals surface area contributed by atoms with Gasteiger partial charge in [0.25, 0.3) is 0 Å². The maximum Gasteiger partial charge on any atom is 0.314 e. The van der Waals surface area contributed by atoms with E-state index in [4.69, 9.17) is 56.8 Å². The summed E-state index contributed by atoms with van der Waals surface area (Å²) in [4.78, 5) is 15.4. The molecule has 1 spiro atoms. The van der Waals surface area contributed by atoms with Crippen LogP contribution >= 0.6 is 0 Å². The summed E-state index contributed by atoms with van der Waals surface area (Å²) >= 11 is 0. The minimum atomic E-state index is -2.08. The SMILES string of the molecule is C/C=C1/C[C@@]23CCC4[C@](C)(C(=O)OC5OC(CO)C(O)C(OC6OC(CO)C(O)C(O)C6O)C5OC5OC(CO)C(O)C(O)C5O)CCC[C@@]4(C)[C@@H]2CCC1(OC1OC(CO)C(O)C(OC2OC(CO)C(O)C(O)C2O)C1OC1OC(CO)C(O)C(O)C1O)C3. The van der Waals surface area contributed by atoms with Crippen molar-refractivity contribution in [2.45, 2.75) is 268 Å². The van der Waals surface area contributed by atoms with E-state index in [9.17, 15) is 102 Å². The molecule has 33 heteroatoms. The molecule has 33 nitrogen and oxygen atoms in total. The molecule has 10 aliphatic rings. The first-order valence-electron chi connectivity index (χ1n) is 30.9. The average Bonchev–Trinajstić information content (AvgIpc) is 1.44. The highest BCUT2D eigenvalue weighted by atomic mass is 16.8. The first-order valence-corrected chi connectivity index (χ1v) is 30.9. The molecule has 4 aliphatic carbocycles. The van der Waals surface area contributed by atoms with Crippen molar-refractivity contribution in [1.29, 1.82) is 0 Å². The van der Waals surface area contributed by atoms with Crippen LogP contribution in [0.15, 0.2) is 11.6 Å². The molecule has 518 valence electrons. The number of carbonyl (C=O) groups excluding carboxylic acids is 1. The Morgan fingerprint density at radius 2 is 0.789 bits per heavy atom. The molecule has 6 heterocycles. The molecule has 0 amide bonds. The standard InChI is InChI=1S/C57H92O33/c1-4-20-12-56-10-6-27-54(2,8-5-9-55(27,3)53(78)89-51-45(87-49-41(76)37(72)31(66)23(15-60)81-49)43(33(68)25(17-62)83-51)85-47-39(74)35(70)29(64)21(13-58)79-47)28(56)7-11-57(20,19-56)90-52-46(88-50-42(77)38(73)32(67)24(16-61)82-50)44(34(69)26(18-63)84-52)86-48-40(75)36(71)30(65)22(14-59)80-48/h4,21-52,58-77H,5-19H2,1-3H3/b20-4-/t21?,22?,23?,24?,25?,26?,27?,28-,29?,30?,31?,32?,33?,34?,35?,36?,37?,38?,39?,40?,41?,42?,43?,44?,45?,46?,47?,48?,49?,50?,51?,52?,54+,55+,56+,57?/m0/s1. The fourth-order valence-corrected chi connectivity index (χ4v) is 16.7. The van der Waals surface area contributed by atoms with Gasteiger partial charge in [0.1, 0.15) is 140 Å². The number of hydrogen-bond donors (Lipinski definition) is 20. The van der Waals surface area contributed by atoms with Crippen LogP contribution < -0.4 is 0 Å². The highest BCUT2D eigenvalue weighted by Gasteiger charge is 2.70. The summed E-state index contributed by atoms with van der Waals surface area (Å²) in [6.45, 7) is 0.392. The smallest absolute Gasteiger partial charge is 0.314 e. The third-order valence-electron chi connectivity index (χ3n) is 21.6. The van der Waals surface area contributed by atoms with Gasteiger partial charge in [-0.3, -0.25) is 4.79 Å². The minimum Gasteiger partial charge on any atom is -0.432 e. The van der Waals surface area contributed by atoms with E-state index in [1.54, 1.807) is 6.92 Å². The Labute approximate surface area is 516 Å². The number of hydrogen-bond acceptors (Lipinski definition) is 33. The summed E-state index contributed by atoms with van der Waals surface area (Å²) in [5.41, 5.74) is -2.91. The van der Waals surface area contributed by atoms with Gasteiger partial charge in [0.05, 0.1) is 50.7 Å². The quantitative estimate of drug-likeness (QED) is 0.0344. The lowest BCUT2D eigenvalue weighted by molar-refractivity contribution is -0.400. The van der Waals surface area contributed by atoms with Gasteiger partial charge in [-0.2, -0.15) is 0 Å². The third-order valence-corrected chi connectivity index (χ3v) is 21.6. The summed E-state index contributed by atoms with van der Waals surface area (Å²) in [5.74, 6) is -1.40. The average molecular weight is 1310 g/mol. The van der Waals surface area contributed by atoms with E-state index >= 15 is 4.79 Å². The van der Waals surface area contributed by atoms with Crippen LogP contribution in [0.25, 0.3) is 0 Å². The molecule has 10 rings (SSSR count). The molecule has 0 aromatic rings. The zero-order chi connectivity index (χ0) is 65.4. The minimum absolute atomic E-state index is 0.133. The van der Waals surface area contributed by atoms with E-state index in [-0.39, 0.29) is 18.8 Å². The van der Waals surface area contributed by atoms with Crippen LogP contribution in [0.2, 0.25) is 0 Å². The Kier molecular flexibility index (Phi) is 21.9. The van der Waals surface area contributed by atoms with E-state index in [2.05, 4.69) is 6.92 Å². The predicted octanol–water partition coefficient (Wildman–Crippen LogP) is -9.08. The molecule has 6 aliphatic heterocycles. The van der Waals surface area contributed by atoms with Gasteiger partial charge < -0.3 is 159 Å². The second kappa shape index (κ2) is 27.8. The number of rotatable bonds is 18. The number of allylic oxidation sites excluding steroid dienone is 1. The monoisotopic (exact) mass is 1300 g/mol. The Morgan fingerprint density at radius 3 is 1.19 bits per heavy atom. The van der Waals surface area contributed by atoms with Crippen LogP contribution in [-0.2, 0) is 61.6 Å². The lowest BCUT2D eigenvalue weighted by Crippen LogP contribution is -2.68. The third kappa shape index (κ3) is 12.4. The number of aliphatic hydroxyl groups excluding tert-OH is 20. The van der Waals surface area contributed by atoms with E-state index in [1.165, 1.54) is 0 Å². The number of ether oxygens (including phenoxy) is 12. The highest BCUT2D eigenvalue weighted by Crippen LogP contribution is 2.74. The van der Waals surface area contributed by atoms with Crippen molar-refractivity contribution in [3.8, 4) is 0 Å². The molecule has 20 N–H and O–H groups in total. The number of carbonyl (C=O) groups is 1. The molecule has 6 saturated heterocycles. The lowest BCUT2D eigenvalue weighted by atomic mass is 9.41. The van der Waals surface area contributed by atoms with E-state index in [1.807, 2.05) is 13.0 Å². The Balaban J connectivity index is 0.932. The first-order chi connectivity index (χ1) is 42.6. The first kappa shape index (κ1) is 70.8. The Hall–Kier alpha value is -2.03. The molecule has 2 bridgehead atoms. The largest absolute Gasteiger partial charge is 0.432 e. The molecule has 0 aromatic heterocycles. The van der Waals surface area contributed by atoms with Crippen LogP contribution in [0, 0.1) is 28.1 Å². The second-order valence-electron chi connectivity index (χ2n) is 26.6. The van der Waals surface area contributed by atoms with Crippen molar-refractivity contribution >= 4 is 5.97 Å². The van der Waals surface area contributed by atoms with Gasteiger partial charge in [0.2, 0.25) is 6.29 Å². The molecular formula is C57H92O33. The zero-order valence-electron chi connectivity index (χ0n) is 49.9. The van der Waals surface area contributed by atoms with Crippen LogP contribution in [-0.4, -0.2) is 338 Å². The Bertz CT molecular complexity index is 2430. The van der Waals surface area contributed by atoms with Gasteiger partial charge in [0.15, 0.2) is 37.6 Å². The number of aliphatic hydroxyl groups is 20. The summed E-state index contributed by atoms with van der Waals surface area (Å²) < 4.78 is 73.3. The maximum atomic E-state index is 15.4. The summed E-state index contributed by atoms with van der Waals surface area (Å²) in [7, 11) is 0. The summed E-state index contributed by atoms with van der Waals surface area (Å²) in [6, 6.07) is 0. The number of esters is 1. The summed E-state index contributed by atoms with van der Waals surface area (Å²) in [6.07, 6.45) is -49.6. The zero-order valence-corrected chi connectivity index (χ0v) is 49.9. The molecular weight excluding hydrogens is 1210 g/mol. The number of fused-ring (bicyclic) bond motifs is 3. The van der Waals surface area contributed by atoms with E-state index in [0.717, 1.165) is 5.57 Å². The molecule has 32 unspecified atom stereocenters. The second-order valence-corrected chi connectivity index (χ2v) is 26.6. The van der Waals surface area contributed by atoms with Crippen molar-refractivity contribution in [1.82, 2.24) is 0 Å². The van der Waals surface area contributed by atoms with Gasteiger partial charge >= 0.3 is 5.97 Å². The fraction of sp³-hybridized carbons (Fsp3) is 0.947. The van der Waals surface area contributed by atoms with Crippen molar-refractivity contribution < 1.29 is 164 Å². The fourth-order valence-electron chi connectivity index (χ4n) is 16.7. The van der Waals surface area contributed by atoms with E-state index < -0.39 is 258 Å². The van der Waals surface area contributed by atoms with Crippen molar-refractivity contribution in [2.24, 2.45) is 28.1 Å². The highest BCUT2D eigenvalue weighted by molar-refractivity contribution is 5.77. The topological polar surface area (TPSA) is 532 Å². The molecule has 0 aromatic carbocycles. The molecule has 0 radical (unpaired) electrons.